The third-order valence-electron chi connectivity index (χ3n) is 7.17. The van der Waals surface area contributed by atoms with Crippen molar-refractivity contribution in [3.8, 4) is 11.5 Å². The number of sulfonamides is 1. The van der Waals surface area contributed by atoms with E-state index in [9.17, 15) is 8.42 Å². The van der Waals surface area contributed by atoms with Crippen LogP contribution in [0.25, 0.3) is 0 Å². The van der Waals surface area contributed by atoms with Gasteiger partial charge >= 0.3 is 0 Å². The van der Waals surface area contributed by atoms with Gasteiger partial charge in [0.1, 0.15) is 0 Å². The molecule has 0 fully saturated rings. The summed E-state index contributed by atoms with van der Waals surface area (Å²) in [5, 5.41) is 3.66. The normalized spacial score (nSPS) is 20.5. The Labute approximate surface area is 207 Å². The molecule has 1 aliphatic carbocycles. The van der Waals surface area contributed by atoms with E-state index < -0.39 is 10.0 Å². The van der Waals surface area contributed by atoms with Gasteiger partial charge in [-0.3, -0.25) is 4.72 Å². The Morgan fingerprint density at radius 2 is 1.77 bits per heavy atom. The van der Waals surface area contributed by atoms with Crippen LogP contribution in [-0.2, 0) is 10.0 Å². The number of nitrogens with one attached hydrogen (secondary N) is 2. The number of ether oxygens (including phenoxy) is 2. The fourth-order valence-corrected chi connectivity index (χ4v) is 6.31. The molecule has 6 nitrogen and oxygen atoms in total. The number of methoxy groups -OCH3 is 2. The first-order chi connectivity index (χ1) is 16.8. The molecule has 35 heavy (non-hydrogen) atoms. The van der Waals surface area contributed by atoms with Crippen LogP contribution in [0, 0.1) is 19.8 Å². The molecule has 0 radical (unpaired) electrons. The van der Waals surface area contributed by atoms with Crippen molar-refractivity contribution in [3.05, 3.63) is 89.0 Å². The number of fused-ring (bicyclic) bond motifs is 3. The monoisotopic (exact) mass is 490 g/mol. The summed E-state index contributed by atoms with van der Waals surface area (Å²) in [4.78, 5) is 0.257. The van der Waals surface area contributed by atoms with Crippen LogP contribution in [0.4, 0.5) is 11.4 Å². The lowest BCUT2D eigenvalue weighted by Crippen LogP contribution is -2.29. The molecule has 1 aliphatic heterocycles. The standard InChI is InChI=1S/C28H30N2O4S/c1-17-11-12-19(15-18(17)2)30-35(31,32)20-13-14-25-24(16-20)21-7-5-8-22(21)27(29-25)23-9-6-10-26(33-3)28(23)34-4/h5-7,9-16,21-22,27,29-30H,8H2,1-4H3/t21-,22-,27+/m0/s1. The predicted molar refractivity (Wildman–Crippen MR) is 139 cm³/mol. The SMILES string of the molecule is COc1cccc([C@@H]2Nc3ccc(S(=O)(=O)Nc4ccc(C)c(C)c4)cc3[C@H]3C=CC[C@@H]32)c1OC. The molecule has 5 rings (SSSR count). The van der Waals surface area contributed by atoms with Crippen LogP contribution in [0.15, 0.2) is 71.6 Å². The van der Waals surface area contributed by atoms with E-state index in [0.717, 1.165) is 40.1 Å². The smallest absolute Gasteiger partial charge is 0.261 e. The molecule has 7 heteroatoms. The number of rotatable bonds is 6. The van der Waals surface area contributed by atoms with Crippen LogP contribution >= 0.6 is 0 Å². The molecule has 3 atom stereocenters. The third-order valence-corrected chi connectivity index (χ3v) is 8.55. The fraction of sp³-hybridized carbons (Fsp3) is 0.286. The molecule has 2 N–H and O–H groups in total. The zero-order valence-electron chi connectivity index (χ0n) is 20.3. The van der Waals surface area contributed by atoms with Crippen molar-refractivity contribution in [3.63, 3.8) is 0 Å². The van der Waals surface area contributed by atoms with Gasteiger partial charge in [0.25, 0.3) is 10.0 Å². The van der Waals surface area contributed by atoms with Crippen molar-refractivity contribution >= 4 is 21.4 Å². The van der Waals surface area contributed by atoms with Crippen molar-refractivity contribution in [2.24, 2.45) is 5.92 Å². The minimum Gasteiger partial charge on any atom is -0.493 e. The summed E-state index contributed by atoms with van der Waals surface area (Å²) < 4.78 is 40.4. The van der Waals surface area contributed by atoms with Gasteiger partial charge in [-0.05, 0) is 79.3 Å². The van der Waals surface area contributed by atoms with Gasteiger partial charge in [0, 0.05) is 22.9 Å². The predicted octanol–water partition coefficient (Wildman–Crippen LogP) is 5.95. The molecule has 3 aromatic rings. The molecule has 0 bridgehead atoms. The highest BCUT2D eigenvalue weighted by Crippen LogP contribution is 2.52. The summed E-state index contributed by atoms with van der Waals surface area (Å²) in [7, 11) is -0.436. The summed E-state index contributed by atoms with van der Waals surface area (Å²) in [5.41, 5.74) is 5.67. The fourth-order valence-electron chi connectivity index (χ4n) is 5.22. The molecule has 0 saturated carbocycles. The molecule has 0 saturated heterocycles. The van der Waals surface area contributed by atoms with Crippen molar-refractivity contribution in [2.45, 2.75) is 37.1 Å². The summed E-state index contributed by atoms with van der Waals surface area (Å²) >= 11 is 0. The minimum absolute atomic E-state index is 0.00339. The van der Waals surface area contributed by atoms with E-state index >= 15 is 0 Å². The molecule has 0 unspecified atom stereocenters. The Bertz CT molecular complexity index is 1410. The van der Waals surface area contributed by atoms with Crippen LogP contribution in [0.5, 0.6) is 11.5 Å². The highest BCUT2D eigenvalue weighted by Gasteiger charge is 2.40. The lowest BCUT2D eigenvalue weighted by Gasteiger charge is -2.38. The van der Waals surface area contributed by atoms with Gasteiger partial charge < -0.3 is 14.8 Å². The van der Waals surface area contributed by atoms with Crippen molar-refractivity contribution < 1.29 is 17.9 Å². The zero-order chi connectivity index (χ0) is 24.7. The third kappa shape index (κ3) is 4.14. The van der Waals surface area contributed by atoms with Gasteiger partial charge in [-0.2, -0.15) is 0 Å². The number of benzene rings is 3. The molecule has 0 amide bonds. The first-order valence-corrected chi connectivity index (χ1v) is 13.2. The highest BCUT2D eigenvalue weighted by atomic mass is 32.2. The van der Waals surface area contributed by atoms with Gasteiger partial charge in [-0.25, -0.2) is 8.42 Å². The largest absolute Gasteiger partial charge is 0.493 e. The Balaban J connectivity index is 1.50. The summed E-state index contributed by atoms with van der Waals surface area (Å²) in [6.07, 6.45) is 5.26. The maximum atomic E-state index is 13.2. The molecule has 0 spiro atoms. The maximum absolute atomic E-state index is 13.2. The first-order valence-electron chi connectivity index (χ1n) is 11.7. The number of allylic oxidation sites excluding steroid dienone is 2. The summed E-state index contributed by atoms with van der Waals surface area (Å²) in [6, 6.07) is 16.8. The van der Waals surface area contributed by atoms with Crippen LogP contribution in [0.1, 0.15) is 40.6 Å². The quantitative estimate of drug-likeness (QED) is 0.418. The van der Waals surface area contributed by atoms with E-state index in [1.54, 1.807) is 32.4 Å². The summed E-state index contributed by atoms with van der Waals surface area (Å²) in [5.74, 6) is 1.75. The molecule has 1 heterocycles. The highest BCUT2D eigenvalue weighted by molar-refractivity contribution is 7.92. The van der Waals surface area contributed by atoms with E-state index in [1.165, 1.54) is 0 Å². The number of aryl methyl sites for hydroxylation is 2. The van der Waals surface area contributed by atoms with E-state index in [-0.39, 0.29) is 22.8 Å². The number of hydrogen-bond donors (Lipinski definition) is 2. The van der Waals surface area contributed by atoms with Crippen LogP contribution in [0.2, 0.25) is 0 Å². The zero-order valence-corrected chi connectivity index (χ0v) is 21.1. The number of anilines is 2. The van der Waals surface area contributed by atoms with Gasteiger partial charge in [0.05, 0.1) is 25.2 Å². The number of para-hydroxylation sites is 1. The minimum atomic E-state index is -3.73. The van der Waals surface area contributed by atoms with E-state index in [4.69, 9.17) is 9.47 Å². The molecule has 3 aromatic carbocycles. The molecular weight excluding hydrogens is 460 g/mol. The average molecular weight is 491 g/mol. The Morgan fingerprint density at radius 1 is 0.943 bits per heavy atom. The van der Waals surface area contributed by atoms with E-state index in [0.29, 0.717) is 11.4 Å². The lowest BCUT2D eigenvalue weighted by molar-refractivity contribution is 0.341. The van der Waals surface area contributed by atoms with Crippen LogP contribution < -0.4 is 19.5 Å². The molecule has 0 aromatic heterocycles. The second kappa shape index (κ2) is 8.96. The van der Waals surface area contributed by atoms with Crippen molar-refractivity contribution in [1.82, 2.24) is 0 Å². The second-order valence-corrected chi connectivity index (χ2v) is 10.9. The van der Waals surface area contributed by atoms with Crippen molar-refractivity contribution in [1.29, 1.82) is 0 Å². The Morgan fingerprint density at radius 3 is 2.51 bits per heavy atom. The Hall–Kier alpha value is -3.45. The average Bonchev–Trinajstić information content (AvgIpc) is 3.35. The lowest BCUT2D eigenvalue weighted by atomic mass is 9.77. The molecule has 2 aliphatic rings. The van der Waals surface area contributed by atoms with Gasteiger partial charge in [0.2, 0.25) is 0 Å². The van der Waals surface area contributed by atoms with Crippen molar-refractivity contribution in [2.75, 3.05) is 24.3 Å². The first kappa shape index (κ1) is 23.3. The number of hydrogen-bond acceptors (Lipinski definition) is 5. The van der Waals surface area contributed by atoms with Crippen LogP contribution in [0.3, 0.4) is 0 Å². The van der Waals surface area contributed by atoms with E-state index in [1.807, 2.05) is 44.2 Å². The van der Waals surface area contributed by atoms with Gasteiger partial charge in [0.15, 0.2) is 11.5 Å². The Kier molecular flexibility index (Phi) is 5.97. The molecular formula is C28H30N2O4S. The van der Waals surface area contributed by atoms with Gasteiger partial charge in [-0.1, -0.05) is 30.4 Å². The topological polar surface area (TPSA) is 76.7 Å². The second-order valence-electron chi connectivity index (χ2n) is 9.21. The van der Waals surface area contributed by atoms with E-state index in [2.05, 4.69) is 28.3 Å². The maximum Gasteiger partial charge on any atom is 0.261 e. The van der Waals surface area contributed by atoms with Gasteiger partial charge in [-0.15, -0.1) is 0 Å². The summed E-state index contributed by atoms with van der Waals surface area (Å²) in [6.45, 7) is 3.97. The molecule has 182 valence electrons. The van der Waals surface area contributed by atoms with Crippen LogP contribution in [-0.4, -0.2) is 22.6 Å².